The smallest absolute Gasteiger partial charge is 0.194 e. The minimum atomic E-state index is 0.170. The van der Waals surface area contributed by atoms with E-state index in [4.69, 9.17) is 0 Å². The van der Waals surface area contributed by atoms with Crippen LogP contribution in [0.1, 0.15) is 54.4 Å². The lowest BCUT2D eigenvalue weighted by atomic mass is 9.65. The highest BCUT2D eigenvalue weighted by atomic mass is 15.4. The molecule has 4 nitrogen and oxygen atoms in total. The minimum Gasteiger partial charge on any atom is -0.355 e. The van der Waals surface area contributed by atoms with Crippen molar-refractivity contribution in [3.63, 3.8) is 0 Å². The molecule has 0 spiro atoms. The molecule has 0 atom stereocenters. The molecule has 0 radical (unpaired) electrons. The van der Waals surface area contributed by atoms with E-state index in [0.717, 1.165) is 31.6 Å². The lowest BCUT2D eigenvalue weighted by Gasteiger charge is -2.62. The van der Waals surface area contributed by atoms with Gasteiger partial charge in [-0.1, -0.05) is 13.8 Å². The van der Waals surface area contributed by atoms with Crippen molar-refractivity contribution in [2.75, 3.05) is 26.7 Å². The summed E-state index contributed by atoms with van der Waals surface area (Å²) in [5, 5.41) is 3.57. The van der Waals surface area contributed by atoms with E-state index in [1.807, 2.05) is 7.05 Å². The number of likely N-dealkylation sites (tertiary alicyclic amines) is 1. The monoisotopic (exact) mass is 294 g/mol. The molecule has 1 aliphatic heterocycles. The predicted octanol–water partition coefficient (Wildman–Crippen LogP) is 2.56. The zero-order valence-corrected chi connectivity index (χ0v) is 15.0. The highest BCUT2D eigenvalue weighted by Crippen LogP contribution is 2.46. The van der Waals surface area contributed by atoms with Gasteiger partial charge in [0.2, 0.25) is 0 Å². The number of aliphatic imine (C=N–C) groups is 1. The molecule has 1 aliphatic carbocycles. The summed E-state index contributed by atoms with van der Waals surface area (Å²) in [6, 6.07) is 1.47. The molecule has 1 saturated carbocycles. The van der Waals surface area contributed by atoms with Crippen molar-refractivity contribution in [2.45, 2.75) is 72.0 Å². The van der Waals surface area contributed by atoms with E-state index in [1.54, 1.807) is 0 Å². The average molecular weight is 294 g/mol. The Balaban J connectivity index is 1.84. The summed E-state index contributed by atoms with van der Waals surface area (Å²) in [4.78, 5) is 9.51. The van der Waals surface area contributed by atoms with Crippen LogP contribution in [0.4, 0.5) is 0 Å². The summed E-state index contributed by atoms with van der Waals surface area (Å²) in [5.41, 5.74) is 0.520. The van der Waals surface area contributed by atoms with E-state index >= 15 is 0 Å². The molecular weight excluding hydrogens is 260 g/mol. The summed E-state index contributed by atoms with van der Waals surface area (Å²) >= 11 is 0. The Hall–Kier alpha value is -0.770. The van der Waals surface area contributed by atoms with Gasteiger partial charge in [0.15, 0.2) is 5.96 Å². The van der Waals surface area contributed by atoms with Crippen LogP contribution in [0.3, 0.4) is 0 Å². The first-order valence-corrected chi connectivity index (χ1v) is 8.45. The number of guanidine groups is 1. The van der Waals surface area contributed by atoms with Crippen LogP contribution >= 0.6 is 0 Å². The fourth-order valence-corrected chi connectivity index (χ4v) is 3.26. The van der Waals surface area contributed by atoms with Gasteiger partial charge in [-0.2, -0.15) is 0 Å². The summed E-state index contributed by atoms with van der Waals surface area (Å²) in [6.45, 7) is 17.1. The second-order valence-corrected chi connectivity index (χ2v) is 8.07. The Morgan fingerprint density at radius 3 is 2.29 bits per heavy atom. The number of hydrogen-bond donors (Lipinski definition) is 1. The second-order valence-electron chi connectivity index (χ2n) is 8.07. The van der Waals surface area contributed by atoms with Gasteiger partial charge in [0.05, 0.1) is 0 Å². The van der Waals surface area contributed by atoms with E-state index in [1.165, 1.54) is 12.8 Å². The standard InChI is InChI=1S/C17H34N4/c1-13(2)20(14-8-9-14)11-10-19-15(18-7)21-12-16(3,4)17(21,5)6/h13-14H,8-12H2,1-7H3,(H,18,19). The molecule has 0 aromatic rings. The predicted molar refractivity (Wildman–Crippen MR) is 90.8 cm³/mol. The summed E-state index contributed by atoms with van der Waals surface area (Å²) < 4.78 is 0. The Kier molecular flexibility index (Phi) is 4.57. The maximum Gasteiger partial charge on any atom is 0.194 e. The first-order valence-electron chi connectivity index (χ1n) is 8.45. The molecule has 0 aromatic carbocycles. The molecule has 1 heterocycles. The van der Waals surface area contributed by atoms with Crippen molar-refractivity contribution < 1.29 is 0 Å². The van der Waals surface area contributed by atoms with Crippen LogP contribution in [-0.4, -0.2) is 60.1 Å². The molecule has 0 amide bonds. The maximum atomic E-state index is 4.49. The molecule has 1 N–H and O–H groups in total. The molecule has 4 heteroatoms. The average Bonchev–Trinajstić information content (AvgIpc) is 3.21. The molecular formula is C17H34N4. The SMILES string of the molecule is CN=C(NCCN(C(C)C)C1CC1)N1CC(C)(C)C1(C)C. The first kappa shape index (κ1) is 16.6. The van der Waals surface area contributed by atoms with Gasteiger partial charge in [0.25, 0.3) is 0 Å². The zero-order valence-electron chi connectivity index (χ0n) is 15.0. The maximum absolute atomic E-state index is 4.49. The van der Waals surface area contributed by atoms with Gasteiger partial charge in [-0.25, -0.2) is 0 Å². The van der Waals surface area contributed by atoms with Gasteiger partial charge in [-0.15, -0.1) is 0 Å². The van der Waals surface area contributed by atoms with Crippen molar-refractivity contribution in [1.29, 1.82) is 0 Å². The largest absolute Gasteiger partial charge is 0.355 e. The van der Waals surface area contributed by atoms with E-state index in [0.29, 0.717) is 11.5 Å². The molecule has 0 bridgehead atoms. The third-order valence-electron chi connectivity index (χ3n) is 5.68. The van der Waals surface area contributed by atoms with Crippen molar-refractivity contribution >= 4 is 5.96 Å². The van der Waals surface area contributed by atoms with Gasteiger partial charge in [-0.05, 0) is 40.5 Å². The zero-order chi connectivity index (χ0) is 15.8. The highest BCUT2D eigenvalue weighted by molar-refractivity contribution is 5.82. The third-order valence-corrected chi connectivity index (χ3v) is 5.68. The molecule has 122 valence electrons. The molecule has 0 unspecified atom stereocenters. The fraction of sp³-hybridized carbons (Fsp3) is 0.941. The minimum absolute atomic E-state index is 0.170. The Morgan fingerprint density at radius 2 is 1.90 bits per heavy atom. The van der Waals surface area contributed by atoms with Gasteiger partial charge in [0, 0.05) is 49.7 Å². The van der Waals surface area contributed by atoms with E-state index < -0.39 is 0 Å². The van der Waals surface area contributed by atoms with Crippen molar-refractivity contribution in [3.8, 4) is 0 Å². The molecule has 2 rings (SSSR count). The van der Waals surface area contributed by atoms with E-state index in [9.17, 15) is 0 Å². The van der Waals surface area contributed by atoms with Crippen molar-refractivity contribution in [3.05, 3.63) is 0 Å². The number of rotatable bonds is 5. The van der Waals surface area contributed by atoms with Crippen LogP contribution in [0.25, 0.3) is 0 Å². The number of nitrogens with zero attached hydrogens (tertiary/aromatic N) is 3. The molecule has 21 heavy (non-hydrogen) atoms. The number of nitrogens with one attached hydrogen (secondary N) is 1. The lowest BCUT2D eigenvalue weighted by Crippen LogP contribution is -2.72. The van der Waals surface area contributed by atoms with Gasteiger partial charge < -0.3 is 10.2 Å². The summed E-state index contributed by atoms with van der Waals surface area (Å²) in [6.07, 6.45) is 2.75. The fourth-order valence-electron chi connectivity index (χ4n) is 3.26. The Labute approximate surface area is 131 Å². The van der Waals surface area contributed by atoms with Crippen LogP contribution in [0.5, 0.6) is 0 Å². The molecule has 2 aliphatic rings. The van der Waals surface area contributed by atoms with E-state index in [2.05, 4.69) is 61.7 Å². The van der Waals surface area contributed by atoms with Crippen molar-refractivity contribution in [2.24, 2.45) is 10.4 Å². The highest BCUT2D eigenvalue weighted by Gasteiger charge is 2.53. The number of hydrogen-bond acceptors (Lipinski definition) is 2. The first-order chi connectivity index (χ1) is 9.70. The van der Waals surface area contributed by atoms with Crippen molar-refractivity contribution in [1.82, 2.24) is 15.1 Å². The molecule has 1 saturated heterocycles. The normalized spacial score (nSPS) is 24.4. The van der Waals surface area contributed by atoms with Gasteiger partial charge >= 0.3 is 0 Å². The molecule has 0 aromatic heterocycles. The van der Waals surface area contributed by atoms with Crippen LogP contribution in [0.15, 0.2) is 4.99 Å². The van der Waals surface area contributed by atoms with Crippen LogP contribution in [0, 0.1) is 5.41 Å². The lowest BCUT2D eigenvalue weighted by molar-refractivity contribution is -0.0667. The quantitative estimate of drug-likeness (QED) is 0.624. The Bertz CT molecular complexity index is 392. The topological polar surface area (TPSA) is 30.9 Å². The van der Waals surface area contributed by atoms with Crippen LogP contribution in [0.2, 0.25) is 0 Å². The van der Waals surface area contributed by atoms with Crippen LogP contribution in [-0.2, 0) is 0 Å². The van der Waals surface area contributed by atoms with Crippen LogP contribution < -0.4 is 5.32 Å². The Morgan fingerprint density at radius 1 is 1.29 bits per heavy atom. The summed E-state index contributed by atoms with van der Waals surface area (Å²) in [5.74, 6) is 1.05. The third kappa shape index (κ3) is 3.20. The van der Waals surface area contributed by atoms with Gasteiger partial charge in [0.1, 0.15) is 0 Å². The summed E-state index contributed by atoms with van der Waals surface area (Å²) in [7, 11) is 1.89. The second kappa shape index (κ2) is 5.79. The van der Waals surface area contributed by atoms with Gasteiger partial charge in [-0.3, -0.25) is 9.89 Å². The molecule has 2 fully saturated rings. The van der Waals surface area contributed by atoms with E-state index in [-0.39, 0.29) is 5.54 Å².